The summed E-state index contributed by atoms with van der Waals surface area (Å²) in [6, 6.07) is 31.7. The molecule has 1 amide bonds. The lowest BCUT2D eigenvalue weighted by Crippen LogP contribution is -2.48. The first kappa shape index (κ1) is 22.5. The van der Waals surface area contributed by atoms with Gasteiger partial charge in [-0.25, -0.2) is 4.79 Å². The standard InChI is InChI=1S/C29H26N2O2.ClH/c32-29(33-19-27-24-13-5-3-11-22(24)23-12-4-6-14-25(23)27)31-17-16-30-28(18-31)26-15-7-9-20-8-1-2-10-21(20)26;/h1-15,27-28,30H,16-19H2;1H. The highest BCUT2D eigenvalue weighted by atomic mass is 35.5. The minimum atomic E-state index is -0.233. The van der Waals surface area contributed by atoms with Crippen molar-refractivity contribution in [3.63, 3.8) is 0 Å². The fourth-order valence-electron chi connectivity index (χ4n) is 5.36. The number of piperazine rings is 1. The molecule has 4 aromatic rings. The summed E-state index contributed by atoms with van der Waals surface area (Å²) in [6.07, 6.45) is -0.233. The van der Waals surface area contributed by atoms with Crippen molar-refractivity contribution in [1.82, 2.24) is 10.2 Å². The number of carbonyl (C=O) groups is 1. The van der Waals surface area contributed by atoms with Gasteiger partial charge in [-0.1, -0.05) is 91.0 Å². The summed E-state index contributed by atoms with van der Waals surface area (Å²) >= 11 is 0. The SMILES string of the molecule is Cl.O=C(OCC1c2ccccc2-c2ccccc21)N1CCNC(c2cccc3ccccc23)C1. The number of ether oxygens (including phenoxy) is 1. The van der Waals surface area contributed by atoms with E-state index < -0.39 is 0 Å². The van der Waals surface area contributed by atoms with Gasteiger partial charge in [0, 0.05) is 25.6 Å². The molecule has 1 heterocycles. The fraction of sp³-hybridized carbons (Fsp3) is 0.207. The highest BCUT2D eigenvalue weighted by Gasteiger charge is 2.31. The Kier molecular flexibility index (Phi) is 6.27. The number of amides is 1. The molecule has 1 aliphatic carbocycles. The van der Waals surface area contributed by atoms with E-state index in [1.165, 1.54) is 38.6 Å². The molecule has 1 fully saturated rings. The van der Waals surface area contributed by atoms with Crippen LogP contribution in [0.2, 0.25) is 0 Å². The molecule has 1 saturated heterocycles. The van der Waals surface area contributed by atoms with Crippen molar-refractivity contribution in [2.24, 2.45) is 0 Å². The van der Waals surface area contributed by atoms with Crippen LogP contribution >= 0.6 is 12.4 Å². The average molecular weight is 471 g/mol. The molecule has 1 aliphatic heterocycles. The van der Waals surface area contributed by atoms with Gasteiger partial charge in [0.1, 0.15) is 6.61 Å². The maximum Gasteiger partial charge on any atom is 0.409 e. The molecule has 4 nitrogen and oxygen atoms in total. The van der Waals surface area contributed by atoms with Crippen LogP contribution in [0.15, 0.2) is 91.0 Å². The van der Waals surface area contributed by atoms with Gasteiger partial charge in [-0.2, -0.15) is 0 Å². The summed E-state index contributed by atoms with van der Waals surface area (Å²) in [4.78, 5) is 14.9. The van der Waals surface area contributed by atoms with E-state index in [2.05, 4.69) is 96.3 Å². The van der Waals surface area contributed by atoms with E-state index in [-0.39, 0.29) is 30.5 Å². The van der Waals surface area contributed by atoms with Crippen molar-refractivity contribution in [3.8, 4) is 11.1 Å². The van der Waals surface area contributed by atoms with E-state index >= 15 is 0 Å². The van der Waals surface area contributed by atoms with E-state index in [9.17, 15) is 4.79 Å². The van der Waals surface area contributed by atoms with Crippen molar-refractivity contribution in [2.45, 2.75) is 12.0 Å². The van der Waals surface area contributed by atoms with Gasteiger partial charge < -0.3 is 15.0 Å². The lowest BCUT2D eigenvalue weighted by atomic mass is 9.97. The van der Waals surface area contributed by atoms with Gasteiger partial charge in [0.25, 0.3) is 0 Å². The third kappa shape index (κ3) is 3.93. The molecular weight excluding hydrogens is 444 g/mol. The molecule has 0 spiro atoms. The summed E-state index contributed by atoms with van der Waals surface area (Å²) in [6.45, 7) is 2.36. The zero-order valence-corrected chi connectivity index (χ0v) is 19.6. The molecule has 0 radical (unpaired) electrons. The van der Waals surface area contributed by atoms with Crippen LogP contribution in [-0.2, 0) is 4.74 Å². The first-order valence-electron chi connectivity index (χ1n) is 11.6. The predicted molar refractivity (Wildman–Crippen MR) is 139 cm³/mol. The van der Waals surface area contributed by atoms with Crippen LogP contribution < -0.4 is 5.32 Å². The summed E-state index contributed by atoms with van der Waals surface area (Å²) in [5.41, 5.74) is 6.19. The van der Waals surface area contributed by atoms with Crippen LogP contribution in [0.3, 0.4) is 0 Å². The Morgan fingerprint density at radius 2 is 1.44 bits per heavy atom. The number of benzene rings is 4. The highest BCUT2D eigenvalue weighted by molar-refractivity contribution is 5.86. The van der Waals surface area contributed by atoms with Crippen molar-refractivity contribution >= 4 is 29.3 Å². The molecule has 0 bridgehead atoms. The lowest BCUT2D eigenvalue weighted by Gasteiger charge is -2.34. The zero-order chi connectivity index (χ0) is 22.2. The van der Waals surface area contributed by atoms with Crippen LogP contribution in [-0.4, -0.2) is 37.2 Å². The smallest absolute Gasteiger partial charge is 0.409 e. The molecule has 1 unspecified atom stereocenters. The predicted octanol–water partition coefficient (Wildman–Crippen LogP) is 6.16. The zero-order valence-electron chi connectivity index (χ0n) is 18.8. The minimum absolute atomic E-state index is 0. The number of hydrogen-bond acceptors (Lipinski definition) is 3. The molecule has 6 rings (SSSR count). The third-order valence-corrected chi connectivity index (χ3v) is 6.97. The van der Waals surface area contributed by atoms with E-state index in [1.54, 1.807) is 0 Å². The monoisotopic (exact) mass is 470 g/mol. The summed E-state index contributed by atoms with van der Waals surface area (Å²) in [7, 11) is 0. The molecule has 34 heavy (non-hydrogen) atoms. The first-order valence-corrected chi connectivity index (χ1v) is 11.6. The van der Waals surface area contributed by atoms with E-state index in [0.717, 1.165) is 6.54 Å². The maximum atomic E-state index is 13.1. The lowest BCUT2D eigenvalue weighted by molar-refractivity contribution is 0.0884. The number of carbonyl (C=O) groups excluding carboxylic acids is 1. The number of fused-ring (bicyclic) bond motifs is 4. The topological polar surface area (TPSA) is 41.6 Å². The molecule has 5 heteroatoms. The Morgan fingerprint density at radius 1 is 0.824 bits per heavy atom. The van der Waals surface area contributed by atoms with Crippen LogP contribution in [0, 0.1) is 0 Å². The third-order valence-electron chi connectivity index (χ3n) is 6.97. The van der Waals surface area contributed by atoms with E-state index in [1.807, 2.05) is 4.90 Å². The second-order valence-corrected chi connectivity index (χ2v) is 8.83. The number of nitrogens with one attached hydrogen (secondary N) is 1. The van der Waals surface area contributed by atoms with E-state index in [0.29, 0.717) is 19.7 Å². The number of rotatable bonds is 3. The van der Waals surface area contributed by atoms with Gasteiger partial charge in [0.05, 0.1) is 6.04 Å². The summed E-state index contributed by atoms with van der Waals surface area (Å²) < 4.78 is 5.91. The average Bonchev–Trinajstić information content (AvgIpc) is 3.21. The quantitative estimate of drug-likeness (QED) is 0.390. The fourth-order valence-corrected chi connectivity index (χ4v) is 5.36. The Labute approximate surface area is 206 Å². The molecule has 172 valence electrons. The van der Waals surface area contributed by atoms with Gasteiger partial charge in [0.2, 0.25) is 0 Å². The van der Waals surface area contributed by atoms with E-state index in [4.69, 9.17) is 4.74 Å². The Balaban J connectivity index is 0.00000241. The summed E-state index contributed by atoms with van der Waals surface area (Å²) in [5, 5.41) is 6.03. The molecule has 0 aromatic heterocycles. The first-order chi connectivity index (χ1) is 16.3. The molecule has 2 aliphatic rings. The normalized spacial score (nSPS) is 17.1. The number of nitrogens with zero attached hydrogens (tertiary/aromatic N) is 1. The van der Waals surface area contributed by atoms with Gasteiger partial charge in [0.15, 0.2) is 0 Å². The molecule has 1 N–H and O–H groups in total. The second kappa shape index (κ2) is 9.49. The summed E-state index contributed by atoms with van der Waals surface area (Å²) in [5.74, 6) is 0.0816. The second-order valence-electron chi connectivity index (χ2n) is 8.83. The van der Waals surface area contributed by atoms with Crippen LogP contribution in [0.5, 0.6) is 0 Å². The van der Waals surface area contributed by atoms with Crippen molar-refractivity contribution in [3.05, 3.63) is 108 Å². The van der Waals surface area contributed by atoms with Gasteiger partial charge in [-0.15, -0.1) is 12.4 Å². The van der Waals surface area contributed by atoms with Crippen LogP contribution in [0.25, 0.3) is 21.9 Å². The van der Waals surface area contributed by atoms with Crippen LogP contribution in [0.4, 0.5) is 4.79 Å². The van der Waals surface area contributed by atoms with Crippen molar-refractivity contribution < 1.29 is 9.53 Å². The Morgan fingerprint density at radius 3 is 2.21 bits per heavy atom. The molecule has 1 atom stereocenters. The molecule has 0 saturated carbocycles. The maximum absolute atomic E-state index is 13.1. The van der Waals surface area contributed by atoms with Crippen LogP contribution in [0.1, 0.15) is 28.7 Å². The van der Waals surface area contributed by atoms with Gasteiger partial charge in [-0.3, -0.25) is 0 Å². The minimum Gasteiger partial charge on any atom is -0.448 e. The Hall–Kier alpha value is -3.34. The highest BCUT2D eigenvalue weighted by Crippen LogP contribution is 2.44. The van der Waals surface area contributed by atoms with Crippen molar-refractivity contribution in [2.75, 3.05) is 26.2 Å². The van der Waals surface area contributed by atoms with Gasteiger partial charge >= 0.3 is 6.09 Å². The largest absolute Gasteiger partial charge is 0.448 e. The number of hydrogen-bond donors (Lipinski definition) is 1. The van der Waals surface area contributed by atoms with Gasteiger partial charge in [-0.05, 0) is 38.6 Å². The Bertz CT molecular complexity index is 1290. The van der Waals surface area contributed by atoms with Crippen molar-refractivity contribution in [1.29, 1.82) is 0 Å². The molecular formula is C29H27ClN2O2. The number of halogens is 1. The molecule has 4 aromatic carbocycles.